The van der Waals surface area contributed by atoms with Gasteiger partial charge in [-0.2, -0.15) is 0 Å². The number of carbonyl (C=O) groups is 1. The number of carbonyl (C=O) groups excluding carboxylic acids is 1. The smallest absolute Gasteiger partial charge is 0.314 e. The number of aliphatic hydroxyl groups is 2. The first-order valence-corrected chi connectivity index (χ1v) is 5.90. The van der Waals surface area contributed by atoms with Crippen molar-refractivity contribution >= 4 is 5.97 Å². The van der Waals surface area contributed by atoms with Gasteiger partial charge in [0.1, 0.15) is 5.92 Å². The fourth-order valence-electron chi connectivity index (χ4n) is 3.57. The molecule has 0 bridgehead atoms. The van der Waals surface area contributed by atoms with Gasteiger partial charge >= 0.3 is 5.97 Å². The molecular formula is C12H16O5. The van der Waals surface area contributed by atoms with Gasteiger partial charge in [0, 0.05) is 11.8 Å². The van der Waals surface area contributed by atoms with Crippen LogP contribution in [0.5, 0.6) is 0 Å². The molecule has 1 aliphatic heterocycles. The van der Waals surface area contributed by atoms with Gasteiger partial charge in [0.2, 0.25) is 0 Å². The van der Waals surface area contributed by atoms with E-state index in [1.807, 2.05) is 6.08 Å². The molecule has 2 fully saturated rings. The molecule has 3 aliphatic rings. The van der Waals surface area contributed by atoms with Gasteiger partial charge in [0.15, 0.2) is 6.29 Å². The highest BCUT2D eigenvalue weighted by molar-refractivity contribution is 5.74. The van der Waals surface area contributed by atoms with E-state index in [-0.39, 0.29) is 17.9 Å². The summed E-state index contributed by atoms with van der Waals surface area (Å²) >= 11 is 0. The van der Waals surface area contributed by atoms with Crippen LogP contribution in [0.1, 0.15) is 12.8 Å². The van der Waals surface area contributed by atoms with Crippen LogP contribution in [0.4, 0.5) is 0 Å². The van der Waals surface area contributed by atoms with E-state index in [0.29, 0.717) is 12.8 Å². The largest absolute Gasteiger partial charge is 0.469 e. The van der Waals surface area contributed by atoms with E-state index < -0.39 is 23.8 Å². The molecule has 94 valence electrons. The van der Waals surface area contributed by atoms with E-state index in [9.17, 15) is 15.0 Å². The van der Waals surface area contributed by atoms with Crippen molar-refractivity contribution in [3.63, 3.8) is 0 Å². The van der Waals surface area contributed by atoms with Crippen molar-refractivity contribution < 1.29 is 24.5 Å². The lowest BCUT2D eigenvalue weighted by Gasteiger charge is -2.40. The maximum atomic E-state index is 11.7. The number of aliphatic hydroxyl groups excluding tert-OH is 1. The summed E-state index contributed by atoms with van der Waals surface area (Å²) in [6.07, 6.45) is 3.60. The Hall–Kier alpha value is -0.910. The standard InChI is InChI=1S/C12H16O5/c1-16-10(13)8-6-2-4-12(15)5-3-7(9(6)12)17-11(8)14/h2,4,6-9,11,14-15H,3,5H2,1H3. The van der Waals surface area contributed by atoms with E-state index in [0.717, 1.165) is 0 Å². The summed E-state index contributed by atoms with van der Waals surface area (Å²) in [5.74, 6) is -1.54. The van der Waals surface area contributed by atoms with Crippen molar-refractivity contribution in [2.24, 2.45) is 17.8 Å². The first kappa shape index (κ1) is 11.2. The zero-order chi connectivity index (χ0) is 12.2. The third kappa shape index (κ3) is 1.39. The SMILES string of the molecule is COC(=O)C1C(O)OC2CCC3(O)C=CC1C23. The lowest BCUT2D eigenvalue weighted by Crippen LogP contribution is -2.51. The second-order valence-electron chi connectivity index (χ2n) is 5.11. The number of rotatable bonds is 1. The van der Waals surface area contributed by atoms with Crippen molar-refractivity contribution in [3.05, 3.63) is 12.2 Å². The van der Waals surface area contributed by atoms with Gasteiger partial charge in [0.25, 0.3) is 0 Å². The molecule has 2 N–H and O–H groups in total. The summed E-state index contributed by atoms with van der Waals surface area (Å²) in [5.41, 5.74) is -0.873. The summed E-state index contributed by atoms with van der Waals surface area (Å²) in [6, 6.07) is 0. The Balaban J connectivity index is 1.95. The van der Waals surface area contributed by atoms with Crippen LogP contribution in [0, 0.1) is 17.8 Å². The van der Waals surface area contributed by atoms with Crippen LogP contribution >= 0.6 is 0 Å². The van der Waals surface area contributed by atoms with Crippen molar-refractivity contribution in [2.75, 3.05) is 7.11 Å². The molecule has 6 atom stereocenters. The normalized spacial score (nSPS) is 51.4. The highest BCUT2D eigenvalue weighted by atomic mass is 16.6. The van der Waals surface area contributed by atoms with Gasteiger partial charge < -0.3 is 19.7 Å². The molecule has 0 aromatic heterocycles. The second kappa shape index (κ2) is 3.54. The Kier molecular flexibility index (Phi) is 2.33. The minimum Gasteiger partial charge on any atom is -0.469 e. The zero-order valence-corrected chi connectivity index (χ0v) is 9.57. The molecule has 0 spiro atoms. The van der Waals surface area contributed by atoms with Crippen LogP contribution in [-0.4, -0.2) is 41.3 Å². The van der Waals surface area contributed by atoms with Gasteiger partial charge in [-0.05, 0) is 12.8 Å². The van der Waals surface area contributed by atoms with Crippen molar-refractivity contribution in [3.8, 4) is 0 Å². The zero-order valence-electron chi connectivity index (χ0n) is 9.57. The average molecular weight is 240 g/mol. The number of methoxy groups -OCH3 is 1. The fourth-order valence-corrected chi connectivity index (χ4v) is 3.57. The van der Waals surface area contributed by atoms with Crippen molar-refractivity contribution in [1.82, 2.24) is 0 Å². The van der Waals surface area contributed by atoms with Crippen LogP contribution < -0.4 is 0 Å². The molecule has 0 radical (unpaired) electrons. The number of hydrogen-bond acceptors (Lipinski definition) is 5. The summed E-state index contributed by atoms with van der Waals surface area (Å²) in [4.78, 5) is 11.7. The van der Waals surface area contributed by atoms with E-state index in [1.165, 1.54) is 7.11 Å². The van der Waals surface area contributed by atoms with Crippen LogP contribution in [-0.2, 0) is 14.3 Å². The molecule has 17 heavy (non-hydrogen) atoms. The summed E-state index contributed by atoms with van der Waals surface area (Å²) in [6.45, 7) is 0. The Morgan fingerprint density at radius 3 is 3.06 bits per heavy atom. The fraction of sp³-hybridized carbons (Fsp3) is 0.750. The summed E-state index contributed by atoms with van der Waals surface area (Å²) < 4.78 is 10.1. The van der Waals surface area contributed by atoms with Crippen LogP contribution in [0.25, 0.3) is 0 Å². The average Bonchev–Trinajstić information content (AvgIpc) is 2.80. The van der Waals surface area contributed by atoms with Crippen LogP contribution in [0.15, 0.2) is 12.2 Å². The van der Waals surface area contributed by atoms with Gasteiger partial charge in [-0.25, -0.2) is 0 Å². The predicted octanol–water partition coefficient (Wildman–Crippen LogP) is -0.180. The third-order valence-corrected chi connectivity index (χ3v) is 4.34. The molecule has 2 aliphatic carbocycles. The molecule has 1 heterocycles. The summed E-state index contributed by atoms with van der Waals surface area (Å²) in [7, 11) is 1.29. The van der Waals surface area contributed by atoms with Gasteiger partial charge in [-0.3, -0.25) is 4.79 Å². The molecule has 5 heteroatoms. The topological polar surface area (TPSA) is 76.0 Å². The maximum Gasteiger partial charge on any atom is 0.314 e. The van der Waals surface area contributed by atoms with Crippen molar-refractivity contribution in [2.45, 2.75) is 30.8 Å². The van der Waals surface area contributed by atoms with Crippen LogP contribution in [0.2, 0.25) is 0 Å². The van der Waals surface area contributed by atoms with E-state index in [4.69, 9.17) is 9.47 Å². The third-order valence-electron chi connectivity index (χ3n) is 4.34. The molecule has 1 saturated carbocycles. The highest BCUT2D eigenvalue weighted by Gasteiger charge is 2.60. The Labute approximate surface area is 99.0 Å². The first-order chi connectivity index (χ1) is 8.07. The minimum atomic E-state index is -1.14. The number of allylic oxidation sites excluding steroid dienone is 1. The van der Waals surface area contributed by atoms with E-state index in [1.54, 1.807) is 6.08 Å². The van der Waals surface area contributed by atoms with Gasteiger partial charge in [-0.1, -0.05) is 12.2 Å². The lowest BCUT2D eigenvalue weighted by atomic mass is 9.76. The molecule has 0 aromatic rings. The van der Waals surface area contributed by atoms with Gasteiger partial charge in [-0.15, -0.1) is 0 Å². The monoisotopic (exact) mass is 240 g/mol. The van der Waals surface area contributed by atoms with Crippen LogP contribution in [0.3, 0.4) is 0 Å². The lowest BCUT2D eigenvalue weighted by molar-refractivity contribution is -0.233. The quantitative estimate of drug-likeness (QED) is 0.491. The molecule has 3 rings (SSSR count). The van der Waals surface area contributed by atoms with E-state index >= 15 is 0 Å². The minimum absolute atomic E-state index is 0.130. The Morgan fingerprint density at radius 2 is 2.35 bits per heavy atom. The second-order valence-corrected chi connectivity index (χ2v) is 5.11. The molecule has 5 nitrogen and oxygen atoms in total. The number of hydrogen-bond donors (Lipinski definition) is 2. The first-order valence-electron chi connectivity index (χ1n) is 5.90. The molecule has 6 unspecified atom stereocenters. The predicted molar refractivity (Wildman–Crippen MR) is 56.7 cm³/mol. The Bertz CT molecular complexity index is 379. The molecule has 0 amide bonds. The van der Waals surface area contributed by atoms with E-state index in [2.05, 4.69) is 0 Å². The van der Waals surface area contributed by atoms with Gasteiger partial charge in [0.05, 0.1) is 18.8 Å². The maximum absolute atomic E-state index is 11.7. The molecule has 1 saturated heterocycles. The molecular weight excluding hydrogens is 224 g/mol. The highest BCUT2D eigenvalue weighted by Crippen LogP contribution is 2.53. The van der Waals surface area contributed by atoms with Crippen molar-refractivity contribution in [1.29, 1.82) is 0 Å². The number of esters is 1. The Morgan fingerprint density at radius 1 is 1.59 bits per heavy atom. The summed E-state index contributed by atoms with van der Waals surface area (Å²) in [5, 5.41) is 20.3. The number of ether oxygens (including phenoxy) is 2. The molecule has 0 aromatic carbocycles.